The Kier molecular flexibility index (Phi) is 4.75. The number of ketones is 1. The predicted octanol–water partition coefficient (Wildman–Crippen LogP) is 7.85. The van der Waals surface area contributed by atoms with Gasteiger partial charge in [0.25, 0.3) is 0 Å². The Morgan fingerprint density at radius 3 is 2.37 bits per heavy atom. The summed E-state index contributed by atoms with van der Waals surface area (Å²) >= 11 is 0. The second-order valence-electron chi connectivity index (χ2n) is 16.8. The van der Waals surface area contributed by atoms with Gasteiger partial charge in [-0.25, -0.2) is 0 Å². The fourth-order valence-corrected chi connectivity index (χ4v) is 12.2. The highest BCUT2D eigenvalue weighted by Gasteiger charge is 2.81. The lowest BCUT2D eigenvalue weighted by Crippen LogP contribution is -2.71. The van der Waals surface area contributed by atoms with E-state index in [-0.39, 0.29) is 44.4 Å². The Morgan fingerprint density at radius 2 is 1.66 bits per heavy atom. The molecular formula is C34H49NO3. The van der Waals surface area contributed by atoms with E-state index in [9.17, 15) is 4.79 Å². The van der Waals surface area contributed by atoms with E-state index >= 15 is 0 Å². The Hall–Kier alpha value is -1.42. The monoisotopic (exact) mass is 519 g/mol. The van der Waals surface area contributed by atoms with E-state index < -0.39 is 5.60 Å². The molecule has 1 saturated heterocycles. The third-order valence-electron chi connectivity index (χ3n) is 14.0. The van der Waals surface area contributed by atoms with Gasteiger partial charge in [-0.1, -0.05) is 73.0 Å². The molecule has 6 aliphatic rings. The number of aromatic nitrogens is 1. The van der Waals surface area contributed by atoms with Crippen LogP contribution in [0.4, 0.5) is 0 Å². The second-order valence-corrected chi connectivity index (χ2v) is 16.8. The Labute approximate surface area is 229 Å². The standard InChI is InChI=1S/C34H49NO3/c1-20(2)26-33-14-12-28(3,4)18-24(33)34(37-26)25(36)16-23-30(7)17-21-19-35-38-27(21)29(5,6)22(30)10-11-31(23,8)32(34,9)13-15-33/h16,19-20,22,24,26H,10-15,17-18H2,1-9H3/t22-,24+,26?,30-,31+,32-,33-,34+/m0/s1. The van der Waals surface area contributed by atoms with E-state index in [0.29, 0.717) is 17.8 Å². The molecule has 4 nitrogen and oxygen atoms in total. The molecule has 0 amide bonds. The molecule has 1 unspecified atom stereocenters. The maximum absolute atomic E-state index is 15.0. The number of rotatable bonds is 1. The molecule has 1 aromatic rings. The minimum absolute atomic E-state index is 0.0729. The van der Waals surface area contributed by atoms with Crippen LogP contribution >= 0.6 is 0 Å². The zero-order valence-corrected chi connectivity index (χ0v) is 25.3. The topological polar surface area (TPSA) is 52.3 Å². The molecule has 1 aromatic heterocycles. The normalized spacial score (nSPS) is 49.9. The summed E-state index contributed by atoms with van der Waals surface area (Å²) in [5.41, 5.74) is 1.84. The molecule has 2 bridgehead atoms. The van der Waals surface area contributed by atoms with E-state index in [1.165, 1.54) is 30.4 Å². The van der Waals surface area contributed by atoms with Crippen molar-refractivity contribution in [2.45, 2.75) is 131 Å². The zero-order valence-electron chi connectivity index (χ0n) is 25.3. The van der Waals surface area contributed by atoms with Crippen molar-refractivity contribution in [2.24, 2.45) is 44.8 Å². The number of fused-ring (bicyclic) bond motifs is 5. The highest BCUT2D eigenvalue weighted by molar-refractivity contribution is 6.01. The van der Waals surface area contributed by atoms with Gasteiger partial charge in [-0.3, -0.25) is 4.79 Å². The first-order valence-corrected chi connectivity index (χ1v) is 15.5. The lowest BCUT2D eigenvalue weighted by atomic mass is 9.33. The highest BCUT2D eigenvalue weighted by atomic mass is 16.5. The second kappa shape index (κ2) is 7.07. The number of hydrogen-bond acceptors (Lipinski definition) is 4. The molecule has 0 radical (unpaired) electrons. The van der Waals surface area contributed by atoms with E-state index in [1.807, 2.05) is 6.20 Å². The molecule has 3 saturated carbocycles. The molecule has 2 heterocycles. The van der Waals surface area contributed by atoms with Crippen LogP contribution in [0.15, 0.2) is 22.4 Å². The van der Waals surface area contributed by atoms with Crippen molar-refractivity contribution in [1.29, 1.82) is 0 Å². The van der Waals surface area contributed by atoms with Crippen molar-refractivity contribution < 1.29 is 14.1 Å². The van der Waals surface area contributed by atoms with Gasteiger partial charge in [0.1, 0.15) is 11.4 Å². The van der Waals surface area contributed by atoms with Gasteiger partial charge in [-0.2, -0.15) is 0 Å². The van der Waals surface area contributed by atoms with Crippen LogP contribution in [-0.2, 0) is 21.4 Å². The zero-order chi connectivity index (χ0) is 27.3. The van der Waals surface area contributed by atoms with Crippen LogP contribution in [0.2, 0.25) is 0 Å². The molecule has 4 heteroatoms. The first-order chi connectivity index (χ1) is 17.6. The average molecular weight is 520 g/mol. The number of hydrogen-bond donors (Lipinski definition) is 0. The van der Waals surface area contributed by atoms with Crippen LogP contribution < -0.4 is 0 Å². The summed E-state index contributed by atoms with van der Waals surface area (Å²) in [6.45, 7) is 21.6. The van der Waals surface area contributed by atoms with Gasteiger partial charge >= 0.3 is 0 Å². The molecule has 4 fully saturated rings. The van der Waals surface area contributed by atoms with Gasteiger partial charge in [0.05, 0.1) is 12.3 Å². The van der Waals surface area contributed by atoms with Gasteiger partial charge in [0.2, 0.25) is 0 Å². The maximum atomic E-state index is 15.0. The number of carbonyl (C=O) groups is 1. The first kappa shape index (κ1) is 25.5. The van der Waals surface area contributed by atoms with Crippen molar-refractivity contribution in [2.75, 3.05) is 0 Å². The average Bonchev–Trinajstić information content (AvgIpc) is 3.37. The fraction of sp³-hybridized carbons (Fsp3) is 0.824. The van der Waals surface area contributed by atoms with Gasteiger partial charge < -0.3 is 9.26 Å². The largest absolute Gasteiger partial charge is 0.362 e. The van der Waals surface area contributed by atoms with Crippen LogP contribution in [0.1, 0.15) is 119 Å². The predicted molar refractivity (Wildman–Crippen MR) is 149 cm³/mol. The van der Waals surface area contributed by atoms with Crippen molar-refractivity contribution in [3.8, 4) is 0 Å². The lowest BCUT2D eigenvalue weighted by molar-refractivity contribution is -0.210. The number of ether oxygens (including phenoxy) is 1. The summed E-state index contributed by atoms with van der Waals surface area (Å²) in [6, 6.07) is 0. The smallest absolute Gasteiger partial charge is 0.188 e. The minimum atomic E-state index is -0.703. The fourth-order valence-electron chi connectivity index (χ4n) is 12.2. The summed E-state index contributed by atoms with van der Waals surface area (Å²) in [4.78, 5) is 15.0. The van der Waals surface area contributed by atoms with Crippen LogP contribution in [0.25, 0.3) is 0 Å². The molecule has 5 aliphatic carbocycles. The molecule has 38 heavy (non-hydrogen) atoms. The molecular weight excluding hydrogens is 470 g/mol. The Balaban J connectivity index is 1.44. The van der Waals surface area contributed by atoms with Crippen LogP contribution in [0.5, 0.6) is 0 Å². The van der Waals surface area contributed by atoms with Crippen molar-refractivity contribution >= 4 is 5.78 Å². The summed E-state index contributed by atoms with van der Waals surface area (Å²) in [5, 5.41) is 4.24. The van der Waals surface area contributed by atoms with E-state index in [1.54, 1.807) is 0 Å². The number of nitrogens with zero attached hydrogens (tertiary/aromatic N) is 1. The quantitative estimate of drug-likeness (QED) is 0.379. The minimum Gasteiger partial charge on any atom is -0.362 e. The van der Waals surface area contributed by atoms with E-state index in [4.69, 9.17) is 9.26 Å². The van der Waals surface area contributed by atoms with Crippen LogP contribution in [-0.4, -0.2) is 22.6 Å². The van der Waals surface area contributed by atoms with Crippen molar-refractivity contribution in [1.82, 2.24) is 5.16 Å². The summed E-state index contributed by atoms with van der Waals surface area (Å²) < 4.78 is 13.3. The van der Waals surface area contributed by atoms with Gasteiger partial charge in [0.15, 0.2) is 5.78 Å². The summed E-state index contributed by atoms with van der Waals surface area (Å²) in [7, 11) is 0. The lowest BCUT2D eigenvalue weighted by Gasteiger charge is -2.70. The van der Waals surface area contributed by atoms with Crippen molar-refractivity contribution in [3.63, 3.8) is 0 Å². The van der Waals surface area contributed by atoms with Crippen LogP contribution in [0.3, 0.4) is 0 Å². The SMILES string of the molecule is CC(C)C1O[C@]23C(=O)C=C4[C@@]5(C)Cc6cnoc6C(C)(C)[C@@H]5CC[C@@]4(C)[C@]2(C)CC[C@]12CCC(C)(C)C[C@H]23. The third-order valence-corrected chi connectivity index (χ3v) is 14.0. The molecule has 1 spiro atoms. The van der Waals surface area contributed by atoms with E-state index in [0.717, 1.165) is 37.9 Å². The van der Waals surface area contributed by atoms with Crippen molar-refractivity contribution in [3.05, 3.63) is 29.2 Å². The van der Waals surface area contributed by atoms with Gasteiger partial charge in [0, 0.05) is 27.7 Å². The highest BCUT2D eigenvalue weighted by Crippen LogP contribution is 2.79. The van der Waals surface area contributed by atoms with Gasteiger partial charge in [-0.05, 0) is 85.5 Å². The molecule has 208 valence electrons. The summed E-state index contributed by atoms with van der Waals surface area (Å²) in [6.07, 6.45) is 13.3. The maximum Gasteiger partial charge on any atom is 0.188 e. The number of carbonyl (C=O) groups excluding carboxylic acids is 1. The summed E-state index contributed by atoms with van der Waals surface area (Å²) in [5.74, 6) is 2.50. The van der Waals surface area contributed by atoms with Gasteiger partial charge in [-0.15, -0.1) is 0 Å². The Bertz CT molecular complexity index is 1250. The molecule has 1 aliphatic heterocycles. The Morgan fingerprint density at radius 1 is 0.947 bits per heavy atom. The molecule has 8 atom stereocenters. The molecule has 0 aromatic carbocycles. The van der Waals surface area contributed by atoms with E-state index in [2.05, 4.69) is 73.5 Å². The molecule has 7 rings (SSSR count). The van der Waals surface area contributed by atoms with Crippen LogP contribution in [0, 0.1) is 44.8 Å². The number of allylic oxidation sites excluding steroid dienone is 1. The first-order valence-electron chi connectivity index (χ1n) is 15.5. The molecule has 0 N–H and O–H groups in total. The third kappa shape index (κ3) is 2.55.